The van der Waals surface area contributed by atoms with E-state index in [0.717, 1.165) is 11.3 Å². The molecule has 0 aliphatic rings. The van der Waals surface area contributed by atoms with Crippen LogP contribution >= 0.6 is 11.6 Å². The van der Waals surface area contributed by atoms with Crippen molar-refractivity contribution in [2.24, 2.45) is 0 Å². The van der Waals surface area contributed by atoms with Gasteiger partial charge >= 0.3 is 0 Å². The summed E-state index contributed by atoms with van der Waals surface area (Å²) >= 11 is 6.00. The largest absolute Gasteiger partial charge is 0.389 e. The summed E-state index contributed by atoms with van der Waals surface area (Å²) in [5, 5.41) is 21.0. The van der Waals surface area contributed by atoms with Crippen LogP contribution in [0.1, 0.15) is 34.8 Å². The zero-order valence-electron chi connectivity index (χ0n) is 13.8. The van der Waals surface area contributed by atoms with Crippen molar-refractivity contribution in [3.8, 4) is 5.69 Å². The van der Waals surface area contributed by atoms with Crippen molar-refractivity contribution in [1.29, 1.82) is 0 Å². The van der Waals surface area contributed by atoms with Crippen molar-refractivity contribution in [1.82, 2.24) is 15.0 Å². The average Bonchev–Trinajstić information content (AvgIpc) is 2.96. The molecule has 0 bridgehead atoms. The van der Waals surface area contributed by atoms with Crippen LogP contribution in [0.5, 0.6) is 0 Å². The van der Waals surface area contributed by atoms with Gasteiger partial charge < -0.3 is 10.4 Å². The summed E-state index contributed by atoms with van der Waals surface area (Å²) in [6.45, 7) is 3.43. The topological polar surface area (TPSA) is 80.0 Å². The van der Waals surface area contributed by atoms with Crippen LogP contribution in [0.4, 0.5) is 5.69 Å². The SMILES string of the molecule is Cc1c(C(=O)Nc2cccc([C@H](C)O)c2)nnn1-c1cccc(Cl)c1. The number of hydrogen-bond acceptors (Lipinski definition) is 4. The van der Waals surface area contributed by atoms with Crippen LogP contribution in [-0.4, -0.2) is 26.0 Å². The van der Waals surface area contributed by atoms with E-state index in [1.807, 2.05) is 6.07 Å². The fraction of sp³-hybridized carbons (Fsp3) is 0.167. The second-order valence-corrected chi connectivity index (χ2v) is 6.11. The van der Waals surface area contributed by atoms with Gasteiger partial charge in [-0.05, 0) is 49.7 Å². The molecule has 1 aromatic heterocycles. The van der Waals surface area contributed by atoms with Crippen LogP contribution in [0.15, 0.2) is 48.5 Å². The Hall–Kier alpha value is -2.70. The molecule has 6 nitrogen and oxygen atoms in total. The van der Waals surface area contributed by atoms with Gasteiger partial charge in [0.05, 0.1) is 17.5 Å². The van der Waals surface area contributed by atoms with Gasteiger partial charge in [-0.1, -0.05) is 35.0 Å². The van der Waals surface area contributed by atoms with Gasteiger partial charge in [-0.2, -0.15) is 0 Å². The number of nitrogens with zero attached hydrogens (tertiary/aromatic N) is 3. The standard InChI is InChI=1S/C18H17ClN4O2/c1-11-17(21-22-23(11)16-8-4-6-14(19)10-16)18(25)20-15-7-3-5-13(9-15)12(2)24/h3-10,12,24H,1-2H3,(H,20,25)/t12-/m0/s1. The van der Waals surface area contributed by atoms with E-state index in [4.69, 9.17) is 11.6 Å². The Bertz CT molecular complexity index is 921. The normalized spacial score (nSPS) is 12.0. The zero-order chi connectivity index (χ0) is 18.0. The van der Waals surface area contributed by atoms with Crippen molar-refractivity contribution < 1.29 is 9.90 Å². The highest BCUT2D eigenvalue weighted by Crippen LogP contribution is 2.19. The third kappa shape index (κ3) is 3.70. The molecule has 1 heterocycles. The molecule has 2 N–H and O–H groups in total. The van der Waals surface area contributed by atoms with E-state index in [0.29, 0.717) is 16.4 Å². The maximum atomic E-state index is 12.5. The molecular weight excluding hydrogens is 340 g/mol. The first-order valence-electron chi connectivity index (χ1n) is 7.73. The quantitative estimate of drug-likeness (QED) is 0.749. The highest BCUT2D eigenvalue weighted by atomic mass is 35.5. The molecule has 3 aromatic rings. The van der Waals surface area contributed by atoms with E-state index in [9.17, 15) is 9.90 Å². The third-order valence-corrected chi connectivity index (χ3v) is 4.02. The van der Waals surface area contributed by atoms with Crippen molar-refractivity contribution in [2.75, 3.05) is 5.32 Å². The summed E-state index contributed by atoms with van der Waals surface area (Å²) in [7, 11) is 0. The average molecular weight is 357 g/mol. The lowest BCUT2D eigenvalue weighted by atomic mass is 10.1. The van der Waals surface area contributed by atoms with Gasteiger partial charge in [-0.25, -0.2) is 4.68 Å². The van der Waals surface area contributed by atoms with Crippen LogP contribution in [0.25, 0.3) is 5.69 Å². The Kier molecular flexibility index (Phi) is 4.83. The number of rotatable bonds is 4. The van der Waals surface area contributed by atoms with Crippen LogP contribution in [0.3, 0.4) is 0 Å². The number of anilines is 1. The Balaban J connectivity index is 1.85. The van der Waals surface area contributed by atoms with Gasteiger partial charge in [0, 0.05) is 10.7 Å². The molecule has 1 amide bonds. The van der Waals surface area contributed by atoms with E-state index >= 15 is 0 Å². The summed E-state index contributed by atoms with van der Waals surface area (Å²) in [6.07, 6.45) is -0.609. The lowest BCUT2D eigenvalue weighted by molar-refractivity contribution is 0.102. The maximum Gasteiger partial charge on any atom is 0.278 e. The number of aromatic nitrogens is 3. The molecule has 0 aliphatic carbocycles. The summed E-state index contributed by atoms with van der Waals surface area (Å²) in [4.78, 5) is 12.5. The third-order valence-electron chi connectivity index (χ3n) is 3.79. The molecule has 0 aliphatic heterocycles. The Morgan fingerprint density at radius 1 is 1.24 bits per heavy atom. The lowest BCUT2D eigenvalue weighted by Crippen LogP contribution is -2.14. The predicted octanol–water partition coefficient (Wildman–Crippen LogP) is 3.53. The molecule has 25 heavy (non-hydrogen) atoms. The minimum Gasteiger partial charge on any atom is -0.389 e. The minimum atomic E-state index is -0.609. The number of nitrogens with one attached hydrogen (secondary N) is 1. The fourth-order valence-corrected chi connectivity index (χ4v) is 2.64. The molecule has 0 saturated carbocycles. The number of benzene rings is 2. The van der Waals surface area contributed by atoms with Crippen molar-refractivity contribution in [3.63, 3.8) is 0 Å². The molecule has 0 fully saturated rings. The van der Waals surface area contributed by atoms with E-state index in [-0.39, 0.29) is 11.6 Å². The highest BCUT2D eigenvalue weighted by Gasteiger charge is 2.18. The first kappa shape index (κ1) is 17.1. The predicted molar refractivity (Wildman–Crippen MR) is 96.1 cm³/mol. The molecule has 7 heteroatoms. The molecule has 128 valence electrons. The Morgan fingerprint density at radius 2 is 2.00 bits per heavy atom. The lowest BCUT2D eigenvalue weighted by Gasteiger charge is -2.08. The van der Waals surface area contributed by atoms with Crippen molar-refractivity contribution in [2.45, 2.75) is 20.0 Å². The van der Waals surface area contributed by atoms with Gasteiger partial charge in [0.25, 0.3) is 5.91 Å². The van der Waals surface area contributed by atoms with Gasteiger partial charge in [0.15, 0.2) is 5.69 Å². The van der Waals surface area contributed by atoms with Crippen LogP contribution in [0, 0.1) is 6.92 Å². The molecule has 0 saturated heterocycles. The zero-order valence-corrected chi connectivity index (χ0v) is 14.5. The highest BCUT2D eigenvalue weighted by molar-refractivity contribution is 6.30. The molecular formula is C18H17ClN4O2. The fourth-order valence-electron chi connectivity index (χ4n) is 2.46. The van der Waals surface area contributed by atoms with Gasteiger partial charge in [0.2, 0.25) is 0 Å². The van der Waals surface area contributed by atoms with Crippen LogP contribution < -0.4 is 5.32 Å². The Labute approximate surface area is 150 Å². The van der Waals surface area contributed by atoms with Crippen molar-refractivity contribution >= 4 is 23.2 Å². The van der Waals surface area contributed by atoms with E-state index in [1.54, 1.807) is 61.0 Å². The molecule has 0 radical (unpaired) electrons. The number of carbonyl (C=O) groups is 1. The van der Waals surface area contributed by atoms with Gasteiger partial charge in [-0.15, -0.1) is 5.10 Å². The monoisotopic (exact) mass is 356 g/mol. The molecule has 2 aromatic carbocycles. The molecule has 3 rings (SSSR count). The summed E-state index contributed by atoms with van der Waals surface area (Å²) < 4.78 is 1.56. The van der Waals surface area contributed by atoms with E-state index in [2.05, 4.69) is 15.6 Å². The number of aliphatic hydroxyl groups is 1. The van der Waals surface area contributed by atoms with Gasteiger partial charge in [-0.3, -0.25) is 4.79 Å². The molecule has 1 atom stereocenters. The number of halogens is 1. The first-order valence-corrected chi connectivity index (χ1v) is 8.11. The number of amides is 1. The summed E-state index contributed by atoms with van der Waals surface area (Å²) in [5.74, 6) is -0.367. The smallest absolute Gasteiger partial charge is 0.278 e. The van der Waals surface area contributed by atoms with Crippen LogP contribution in [-0.2, 0) is 0 Å². The molecule has 0 spiro atoms. The van der Waals surface area contributed by atoms with Gasteiger partial charge in [0.1, 0.15) is 0 Å². The summed E-state index contributed by atoms with van der Waals surface area (Å²) in [5.41, 5.74) is 2.86. The van der Waals surface area contributed by atoms with Crippen molar-refractivity contribution in [3.05, 3.63) is 70.5 Å². The summed E-state index contributed by atoms with van der Waals surface area (Å²) in [6, 6.07) is 14.2. The second kappa shape index (κ2) is 7.04. The number of hydrogen-bond donors (Lipinski definition) is 2. The molecule has 0 unspecified atom stereocenters. The second-order valence-electron chi connectivity index (χ2n) is 5.67. The number of aliphatic hydroxyl groups excluding tert-OH is 1. The maximum absolute atomic E-state index is 12.5. The Morgan fingerprint density at radius 3 is 2.72 bits per heavy atom. The minimum absolute atomic E-state index is 0.224. The van der Waals surface area contributed by atoms with E-state index < -0.39 is 6.10 Å². The van der Waals surface area contributed by atoms with Crippen LogP contribution in [0.2, 0.25) is 5.02 Å². The number of carbonyl (C=O) groups excluding carboxylic acids is 1. The van der Waals surface area contributed by atoms with E-state index in [1.165, 1.54) is 0 Å². The first-order chi connectivity index (χ1) is 12.0.